The molecule has 1 N–H and O–H groups in total. The maximum Gasteiger partial charge on any atom is 0.257 e. The van der Waals surface area contributed by atoms with Gasteiger partial charge in [-0.3, -0.25) is 4.79 Å². The zero-order valence-electron chi connectivity index (χ0n) is 12.0. The summed E-state index contributed by atoms with van der Waals surface area (Å²) in [4.78, 5) is 18.7. The van der Waals surface area contributed by atoms with Crippen molar-refractivity contribution in [3.63, 3.8) is 0 Å². The van der Waals surface area contributed by atoms with Crippen LogP contribution in [0.3, 0.4) is 0 Å². The van der Waals surface area contributed by atoms with Crippen molar-refractivity contribution in [3.05, 3.63) is 52.6 Å². The van der Waals surface area contributed by atoms with Crippen LogP contribution in [0.5, 0.6) is 0 Å². The Morgan fingerprint density at radius 1 is 1.23 bits per heavy atom. The number of hydrogen-bond donors (Lipinski definition) is 1. The van der Waals surface area contributed by atoms with E-state index in [1.54, 1.807) is 12.3 Å². The minimum atomic E-state index is -0.167. The number of pyridine rings is 1. The van der Waals surface area contributed by atoms with Gasteiger partial charge in [0.2, 0.25) is 0 Å². The molecule has 0 spiro atoms. The van der Waals surface area contributed by atoms with E-state index in [0.29, 0.717) is 18.8 Å². The van der Waals surface area contributed by atoms with E-state index >= 15 is 0 Å². The highest BCUT2D eigenvalue weighted by Crippen LogP contribution is 2.17. The number of halogens is 1. The van der Waals surface area contributed by atoms with E-state index in [9.17, 15) is 4.79 Å². The summed E-state index contributed by atoms with van der Waals surface area (Å²) in [5, 5.41) is 2.86. The molecule has 1 aromatic carbocycles. The summed E-state index contributed by atoms with van der Waals surface area (Å²) in [5.41, 5.74) is 1.29. The molecule has 0 bridgehead atoms. The number of carbonyl (C=O) groups is 1. The molecule has 0 aliphatic carbocycles. The summed E-state index contributed by atoms with van der Waals surface area (Å²) in [6.45, 7) is 3.09. The Balaban J connectivity index is 1.68. The van der Waals surface area contributed by atoms with Crippen molar-refractivity contribution in [2.45, 2.75) is 0 Å². The zero-order valence-corrected chi connectivity index (χ0v) is 13.5. The molecule has 114 valence electrons. The molecule has 22 heavy (non-hydrogen) atoms. The third kappa shape index (κ3) is 3.64. The first-order chi connectivity index (χ1) is 10.7. The standard InChI is InChI=1S/C16H16BrN3O2/c17-13-2-1-3-14(10-13)19-16(21)12-4-5-15(18-11-12)20-6-8-22-9-7-20/h1-5,10-11H,6-9H2,(H,19,21). The molecular weight excluding hydrogens is 346 g/mol. The molecule has 6 heteroatoms. The molecule has 1 amide bonds. The first kappa shape index (κ1) is 15.0. The average molecular weight is 362 g/mol. The van der Waals surface area contributed by atoms with Crippen LogP contribution in [0.15, 0.2) is 47.1 Å². The lowest BCUT2D eigenvalue weighted by atomic mass is 10.2. The van der Waals surface area contributed by atoms with Gasteiger partial charge < -0.3 is 15.0 Å². The first-order valence-corrected chi connectivity index (χ1v) is 7.87. The largest absolute Gasteiger partial charge is 0.378 e. The highest BCUT2D eigenvalue weighted by molar-refractivity contribution is 9.10. The van der Waals surface area contributed by atoms with E-state index in [-0.39, 0.29) is 5.91 Å². The van der Waals surface area contributed by atoms with Gasteiger partial charge in [-0.2, -0.15) is 0 Å². The van der Waals surface area contributed by atoms with Crippen LogP contribution in [0, 0.1) is 0 Å². The van der Waals surface area contributed by atoms with Crippen LogP contribution in [0.1, 0.15) is 10.4 Å². The summed E-state index contributed by atoms with van der Waals surface area (Å²) in [6, 6.07) is 11.2. The van der Waals surface area contributed by atoms with Gasteiger partial charge in [0.1, 0.15) is 5.82 Å². The van der Waals surface area contributed by atoms with Gasteiger partial charge in [0, 0.05) is 29.4 Å². The second-order valence-electron chi connectivity index (χ2n) is 4.97. The molecule has 0 unspecified atom stereocenters. The van der Waals surface area contributed by atoms with Crippen LogP contribution in [-0.2, 0) is 4.74 Å². The van der Waals surface area contributed by atoms with Crippen molar-refractivity contribution in [3.8, 4) is 0 Å². The Morgan fingerprint density at radius 3 is 2.73 bits per heavy atom. The van der Waals surface area contributed by atoms with Crippen molar-refractivity contribution in [2.75, 3.05) is 36.5 Å². The number of benzene rings is 1. The fourth-order valence-electron chi connectivity index (χ4n) is 2.27. The van der Waals surface area contributed by atoms with Gasteiger partial charge in [-0.25, -0.2) is 4.98 Å². The first-order valence-electron chi connectivity index (χ1n) is 7.08. The average Bonchev–Trinajstić information content (AvgIpc) is 2.56. The summed E-state index contributed by atoms with van der Waals surface area (Å²) in [5.74, 6) is 0.710. The molecular formula is C16H16BrN3O2. The number of nitrogens with zero attached hydrogens (tertiary/aromatic N) is 2. The number of ether oxygens (including phenoxy) is 1. The van der Waals surface area contributed by atoms with Crippen molar-refractivity contribution in [1.82, 2.24) is 4.98 Å². The van der Waals surface area contributed by atoms with Crippen LogP contribution < -0.4 is 10.2 Å². The van der Waals surface area contributed by atoms with E-state index in [4.69, 9.17) is 4.74 Å². The number of hydrogen-bond acceptors (Lipinski definition) is 4. The van der Waals surface area contributed by atoms with Gasteiger partial charge in [0.15, 0.2) is 0 Å². The maximum absolute atomic E-state index is 12.2. The van der Waals surface area contributed by atoms with Crippen LogP contribution in [0.25, 0.3) is 0 Å². The fourth-order valence-corrected chi connectivity index (χ4v) is 2.67. The minimum Gasteiger partial charge on any atom is -0.378 e. The van der Waals surface area contributed by atoms with Crippen LogP contribution >= 0.6 is 15.9 Å². The van der Waals surface area contributed by atoms with Gasteiger partial charge in [-0.1, -0.05) is 22.0 Å². The normalized spacial score (nSPS) is 14.7. The van der Waals surface area contributed by atoms with Crippen LogP contribution in [-0.4, -0.2) is 37.2 Å². The third-order valence-corrected chi connectivity index (χ3v) is 3.92. The van der Waals surface area contributed by atoms with Crippen LogP contribution in [0.4, 0.5) is 11.5 Å². The Bertz CT molecular complexity index is 655. The molecule has 0 saturated carbocycles. The second-order valence-corrected chi connectivity index (χ2v) is 5.88. The number of amides is 1. The zero-order chi connectivity index (χ0) is 15.4. The molecule has 1 saturated heterocycles. The predicted molar refractivity (Wildman–Crippen MR) is 89.4 cm³/mol. The van der Waals surface area contributed by atoms with Gasteiger partial charge in [0.05, 0.1) is 18.8 Å². The lowest BCUT2D eigenvalue weighted by Crippen LogP contribution is -2.36. The number of anilines is 2. The van der Waals surface area contributed by atoms with Crippen molar-refractivity contribution < 1.29 is 9.53 Å². The molecule has 2 heterocycles. The van der Waals surface area contributed by atoms with Crippen LogP contribution in [0.2, 0.25) is 0 Å². The van der Waals surface area contributed by atoms with Crippen molar-refractivity contribution in [2.24, 2.45) is 0 Å². The van der Waals surface area contributed by atoms with E-state index < -0.39 is 0 Å². The highest BCUT2D eigenvalue weighted by atomic mass is 79.9. The summed E-state index contributed by atoms with van der Waals surface area (Å²) in [6.07, 6.45) is 1.61. The molecule has 2 aromatic rings. The predicted octanol–water partition coefficient (Wildman–Crippen LogP) is 2.93. The number of morpholine rings is 1. The second kappa shape index (κ2) is 6.89. The molecule has 1 fully saturated rings. The third-order valence-electron chi connectivity index (χ3n) is 3.43. The molecule has 5 nitrogen and oxygen atoms in total. The molecule has 1 aliphatic rings. The summed E-state index contributed by atoms with van der Waals surface area (Å²) < 4.78 is 6.24. The number of nitrogens with one attached hydrogen (secondary N) is 1. The Hall–Kier alpha value is -1.92. The lowest BCUT2D eigenvalue weighted by Gasteiger charge is -2.27. The van der Waals surface area contributed by atoms with E-state index in [1.165, 1.54) is 0 Å². The molecule has 3 rings (SSSR count). The van der Waals surface area contributed by atoms with Gasteiger partial charge in [-0.05, 0) is 30.3 Å². The summed E-state index contributed by atoms with van der Waals surface area (Å²) >= 11 is 3.38. The lowest BCUT2D eigenvalue weighted by molar-refractivity contribution is 0.102. The Labute approximate surface area is 137 Å². The molecule has 1 aliphatic heterocycles. The molecule has 1 aromatic heterocycles. The Kier molecular flexibility index (Phi) is 4.70. The molecule has 0 atom stereocenters. The van der Waals surface area contributed by atoms with Gasteiger partial charge in [0.25, 0.3) is 5.91 Å². The number of aromatic nitrogens is 1. The highest BCUT2D eigenvalue weighted by Gasteiger charge is 2.13. The smallest absolute Gasteiger partial charge is 0.257 e. The topological polar surface area (TPSA) is 54.5 Å². The van der Waals surface area contributed by atoms with Crippen molar-refractivity contribution >= 4 is 33.3 Å². The van der Waals surface area contributed by atoms with Crippen molar-refractivity contribution in [1.29, 1.82) is 0 Å². The monoisotopic (exact) mass is 361 g/mol. The van der Waals surface area contributed by atoms with Gasteiger partial charge in [-0.15, -0.1) is 0 Å². The fraction of sp³-hybridized carbons (Fsp3) is 0.250. The van der Waals surface area contributed by atoms with E-state index in [0.717, 1.165) is 29.1 Å². The maximum atomic E-state index is 12.2. The van der Waals surface area contributed by atoms with E-state index in [2.05, 4.69) is 31.1 Å². The minimum absolute atomic E-state index is 0.167. The number of carbonyl (C=O) groups excluding carboxylic acids is 1. The van der Waals surface area contributed by atoms with E-state index in [1.807, 2.05) is 30.3 Å². The van der Waals surface area contributed by atoms with Gasteiger partial charge >= 0.3 is 0 Å². The summed E-state index contributed by atoms with van der Waals surface area (Å²) in [7, 11) is 0. The molecule has 0 radical (unpaired) electrons. The Morgan fingerprint density at radius 2 is 2.05 bits per heavy atom. The quantitative estimate of drug-likeness (QED) is 0.912. The SMILES string of the molecule is O=C(Nc1cccc(Br)c1)c1ccc(N2CCOCC2)nc1. The number of rotatable bonds is 3.